The van der Waals surface area contributed by atoms with Crippen molar-refractivity contribution in [1.82, 2.24) is 9.97 Å². The Morgan fingerprint density at radius 3 is 1.60 bits per heavy atom. The number of aromatic nitrogens is 2. The summed E-state index contributed by atoms with van der Waals surface area (Å²) in [4.78, 5) is 36.2. The number of thioether (sulfide) groups is 4. The summed E-state index contributed by atoms with van der Waals surface area (Å²) in [6.07, 6.45) is 4.43. The SMILES string of the molecule is CSc1cccc2sc(SC(=O)CCC(=O)Sc3nc4c(SC)cccc4s3)nc12. The number of hydrogen-bond acceptors (Lipinski definition) is 10. The summed E-state index contributed by atoms with van der Waals surface area (Å²) in [6, 6.07) is 12.1. The standard InChI is InChI=1S/C20H16N2O2S6/c1-25-11-5-3-7-13-17(11)21-19(27-13)29-15(23)9-10-16(24)30-20-22-18-12(26-2)6-4-8-14(18)28-20/h3-8H,9-10H2,1-2H3. The number of para-hydroxylation sites is 2. The Kier molecular flexibility index (Phi) is 7.43. The van der Waals surface area contributed by atoms with Crippen LogP contribution in [0, 0.1) is 0 Å². The van der Waals surface area contributed by atoms with E-state index in [-0.39, 0.29) is 23.1 Å². The predicted octanol–water partition coefficient (Wildman–Crippen LogP) is 7.07. The molecule has 0 N–H and O–H groups in total. The van der Waals surface area contributed by atoms with E-state index in [1.54, 1.807) is 23.5 Å². The highest BCUT2D eigenvalue weighted by Crippen LogP contribution is 2.36. The minimum Gasteiger partial charge on any atom is -0.287 e. The van der Waals surface area contributed by atoms with Crippen molar-refractivity contribution in [2.75, 3.05) is 12.5 Å². The summed E-state index contributed by atoms with van der Waals surface area (Å²) >= 11 is 8.58. The van der Waals surface area contributed by atoms with Crippen LogP contribution < -0.4 is 0 Å². The molecule has 0 aliphatic rings. The lowest BCUT2D eigenvalue weighted by molar-refractivity contribution is -0.115. The van der Waals surface area contributed by atoms with Crippen molar-refractivity contribution in [2.45, 2.75) is 31.3 Å². The number of thiazole rings is 2. The molecule has 10 heteroatoms. The van der Waals surface area contributed by atoms with Gasteiger partial charge in [0.2, 0.25) is 0 Å². The van der Waals surface area contributed by atoms with Crippen molar-refractivity contribution in [3.8, 4) is 0 Å². The first-order valence-electron chi connectivity index (χ1n) is 8.86. The molecule has 2 aromatic carbocycles. The highest BCUT2D eigenvalue weighted by atomic mass is 32.2. The summed E-state index contributed by atoms with van der Waals surface area (Å²) in [6.45, 7) is 0. The van der Waals surface area contributed by atoms with Gasteiger partial charge >= 0.3 is 0 Å². The van der Waals surface area contributed by atoms with Crippen LogP contribution in [0.5, 0.6) is 0 Å². The number of fused-ring (bicyclic) bond motifs is 2. The van der Waals surface area contributed by atoms with Crippen molar-refractivity contribution >= 4 is 100 Å². The summed E-state index contributed by atoms with van der Waals surface area (Å²) in [5, 5.41) is -0.0784. The lowest BCUT2D eigenvalue weighted by Gasteiger charge is -1.98. The molecular formula is C20H16N2O2S6. The summed E-state index contributed by atoms with van der Waals surface area (Å²) in [5.41, 5.74) is 1.88. The number of nitrogens with zero attached hydrogens (tertiary/aromatic N) is 2. The summed E-state index contributed by atoms with van der Waals surface area (Å²) in [7, 11) is 0. The molecule has 0 spiro atoms. The van der Waals surface area contributed by atoms with Gasteiger partial charge in [0.15, 0.2) is 18.9 Å². The van der Waals surface area contributed by atoms with Gasteiger partial charge in [-0.05, 0) is 60.3 Å². The van der Waals surface area contributed by atoms with Gasteiger partial charge in [-0.1, -0.05) is 12.1 Å². The quantitative estimate of drug-likeness (QED) is 0.246. The Bertz CT molecular complexity index is 1140. The van der Waals surface area contributed by atoms with E-state index in [0.29, 0.717) is 0 Å². The first-order chi connectivity index (χ1) is 14.6. The van der Waals surface area contributed by atoms with Gasteiger partial charge in [0.1, 0.15) is 0 Å². The van der Waals surface area contributed by atoms with Gasteiger partial charge in [0, 0.05) is 22.6 Å². The molecule has 2 heterocycles. The Labute approximate surface area is 199 Å². The molecule has 0 saturated heterocycles. The average Bonchev–Trinajstić information content (AvgIpc) is 3.34. The third-order valence-electron chi connectivity index (χ3n) is 4.10. The summed E-state index contributed by atoms with van der Waals surface area (Å²) < 4.78 is 3.60. The van der Waals surface area contributed by atoms with E-state index in [4.69, 9.17) is 0 Å². The number of rotatable bonds is 7. The molecule has 0 fully saturated rings. The van der Waals surface area contributed by atoms with Gasteiger partial charge in [-0.25, -0.2) is 9.97 Å². The maximum absolute atomic E-state index is 12.4. The van der Waals surface area contributed by atoms with E-state index < -0.39 is 0 Å². The Hall–Kier alpha value is -1.04. The number of benzene rings is 2. The van der Waals surface area contributed by atoms with Crippen molar-refractivity contribution in [3.05, 3.63) is 36.4 Å². The molecule has 0 saturated carbocycles. The largest absolute Gasteiger partial charge is 0.287 e. The molecule has 0 atom stereocenters. The molecule has 30 heavy (non-hydrogen) atoms. The van der Waals surface area contributed by atoms with Crippen LogP contribution in [-0.4, -0.2) is 32.7 Å². The molecule has 4 nitrogen and oxygen atoms in total. The monoisotopic (exact) mass is 508 g/mol. The molecule has 0 amide bonds. The third-order valence-corrected chi connectivity index (χ3v) is 9.66. The van der Waals surface area contributed by atoms with Crippen molar-refractivity contribution < 1.29 is 9.59 Å². The molecule has 2 aromatic heterocycles. The molecule has 4 rings (SSSR count). The van der Waals surface area contributed by atoms with Gasteiger partial charge in [-0.2, -0.15) is 0 Å². The first-order valence-corrected chi connectivity index (χ1v) is 14.6. The van der Waals surface area contributed by atoms with E-state index in [2.05, 4.69) is 9.97 Å². The Morgan fingerprint density at radius 1 is 0.767 bits per heavy atom. The highest BCUT2D eigenvalue weighted by molar-refractivity contribution is 8.15. The molecule has 0 unspecified atom stereocenters. The van der Waals surface area contributed by atoms with Crippen LogP contribution in [0.3, 0.4) is 0 Å². The average molecular weight is 509 g/mol. The fraction of sp³-hybridized carbons (Fsp3) is 0.200. The number of carbonyl (C=O) groups excluding carboxylic acids is 2. The Morgan fingerprint density at radius 2 is 1.20 bits per heavy atom. The van der Waals surface area contributed by atoms with Crippen LogP contribution >= 0.6 is 69.7 Å². The maximum atomic E-state index is 12.4. The number of carbonyl (C=O) groups is 2. The van der Waals surface area contributed by atoms with Gasteiger partial charge in [-0.15, -0.1) is 46.2 Å². The van der Waals surface area contributed by atoms with Gasteiger partial charge in [-0.3, -0.25) is 9.59 Å². The van der Waals surface area contributed by atoms with Crippen molar-refractivity contribution in [3.63, 3.8) is 0 Å². The van der Waals surface area contributed by atoms with E-state index in [0.717, 1.165) is 62.4 Å². The van der Waals surface area contributed by atoms with E-state index >= 15 is 0 Å². The zero-order chi connectivity index (χ0) is 21.1. The van der Waals surface area contributed by atoms with E-state index in [9.17, 15) is 9.59 Å². The van der Waals surface area contributed by atoms with E-state index in [1.165, 1.54) is 22.7 Å². The molecule has 4 aromatic rings. The minimum absolute atomic E-state index is 0.0392. The first kappa shape index (κ1) is 22.2. The van der Waals surface area contributed by atoms with Crippen LogP contribution in [0.15, 0.2) is 54.9 Å². The fourth-order valence-corrected chi connectivity index (χ4v) is 7.93. The third kappa shape index (κ3) is 5.05. The zero-order valence-electron chi connectivity index (χ0n) is 16.0. The zero-order valence-corrected chi connectivity index (χ0v) is 20.9. The smallest absolute Gasteiger partial charge is 0.196 e. The van der Waals surface area contributed by atoms with Crippen LogP contribution in [-0.2, 0) is 9.59 Å². The Balaban J connectivity index is 1.34. The normalized spacial score (nSPS) is 11.4. The van der Waals surface area contributed by atoms with Crippen LogP contribution in [0.25, 0.3) is 20.4 Å². The molecule has 0 aliphatic heterocycles. The predicted molar refractivity (Wildman–Crippen MR) is 134 cm³/mol. The van der Waals surface area contributed by atoms with Gasteiger partial charge < -0.3 is 0 Å². The molecule has 0 radical (unpaired) electrons. The maximum Gasteiger partial charge on any atom is 0.196 e. The second-order valence-corrected chi connectivity index (χ2v) is 12.4. The van der Waals surface area contributed by atoms with Crippen LogP contribution in [0.4, 0.5) is 0 Å². The second-order valence-electron chi connectivity index (χ2n) is 6.02. The number of hydrogen-bond donors (Lipinski definition) is 0. The lowest BCUT2D eigenvalue weighted by atomic mass is 10.3. The van der Waals surface area contributed by atoms with Crippen LogP contribution in [0.1, 0.15) is 12.8 Å². The molecule has 0 bridgehead atoms. The molecular weight excluding hydrogens is 493 g/mol. The second kappa shape index (κ2) is 10.1. The molecule has 154 valence electrons. The van der Waals surface area contributed by atoms with Gasteiger partial charge in [0.05, 0.1) is 20.4 Å². The van der Waals surface area contributed by atoms with Crippen LogP contribution in [0.2, 0.25) is 0 Å². The van der Waals surface area contributed by atoms with Crippen molar-refractivity contribution in [1.29, 1.82) is 0 Å². The van der Waals surface area contributed by atoms with Crippen molar-refractivity contribution in [2.24, 2.45) is 0 Å². The lowest BCUT2D eigenvalue weighted by Crippen LogP contribution is -1.97. The topological polar surface area (TPSA) is 59.9 Å². The fourth-order valence-electron chi connectivity index (χ4n) is 2.72. The van der Waals surface area contributed by atoms with Gasteiger partial charge in [0.25, 0.3) is 0 Å². The summed E-state index contributed by atoms with van der Waals surface area (Å²) in [5.74, 6) is 0. The minimum atomic E-state index is -0.0392. The van der Waals surface area contributed by atoms with E-state index in [1.807, 2.05) is 48.9 Å². The molecule has 0 aliphatic carbocycles. The highest BCUT2D eigenvalue weighted by Gasteiger charge is 2.16.